The number of carbonyl (C=O) groups is 1. The van der Waals surface area contributed by atoms with Gasteiger partial charge in [-0.2, -0.15) is 0 Å². The van der Waals surface area contributed by atoms with E-state index in [0.29, 0.717) is 16.5 Å². The maximum absolute atomic E-state index is 12.3. The zero-order valence-electron chi connectivity index (χ0n) is 15.1. The monoisotopic (exact) mass is 399 g/mol. The number of esters is 1. The molecule has 0 amide bonds. The van der Waals surface area contributed by atoms with Gasteiger partial charge in [0.05, 0.1) is 0 Å². The molecule has 4 nitrogen and oxygen atoms in total. The average Bonchev–Trinajstić information content (AvgIpc) is 3.35. The first-order valence-electron chi connectivity index (χ1n) is 9.03. The highest BCUT2D eigenvalue weighted by molar-refractivity contribution is 6.30. The number of aliphatic imine (C=N–C) groups is 1. The SMILES string of the molecule is O=C1OC(c2ccc3ccccc3c2)=N/C1=C\c1ccc(-c2cccc(Cl)c2)o1. The number of fused-ring (bicyclic) bond motifs is 1. The van der Waals surface area contributed by atoms with Gasteiger partial charge in [-0.15, -0.1) is 0 Å². The number of rotatable bonds is 3. The van der Waals surface area contributed by atoms with Gasteiger partial charge >= 0.3 is 5.97 Å². The van der Waals surface area contributed by atoms with Gasteiger partial charge in [0.1, 0.15) is 11.5 Å². The summed E-state index contributed by atoms with van der Waals surface area (Å²) < 4.78 is 11.2. The molecule has 140 valence electrons. The van der Waals surface area contributed by atoms with Gasteiger partial charge in [-0.05, 0) is 47.2 Å². The molecule has 0 aliphatic carbocycles. The normalized spacial score (nSPS) is 15.0. The Kier molecular flexibility index (Phi) is 4.26. The predicted octanol–water partition coefficient (Wildman–Crippen LogP) is 6.10. The first-order chi connectivity index (χ1) is 14.2. The number of nitrogens with zero attached hydrogens (tertiary/aromatic N) is 1. The van der Waals surface area contributed by atoms with E-state index in [9.17, 15) is 4.79 Å². The number of carbonyl (C=O) groups excluding carboxylic acids is 1. The first-order valence-corrected chi connectivity index (χ1v) is 9.41. The summed E-state index contributed by atoms with van der Waals surface area (Å²) in [5.41, 5.74) is 1.80. The van der Waals surface area contributed by atoms with Crippen molar-refractivity contribution >= 4 is 40.3 Å². The topological polar surface area (TPSA) is 51.8 Å². The second kappa shape index (κ2) is 7.08. The van der Waals surface area contributed by atoms with E-state index in [2.05, 4.69) is 4.99 Å². The number of benzene rings is 3. The van der Waals surface area contributed by atoms with Crippen LogP contribution in [0.2, 0.25) is 5.02 Å². The average molecular weight is 400 g/mol. The van der Waals surface area contributed by atoms with E-state index in [1.54, 1.807) is 18.2 Å². The van der Waals surface area contributed by atoms with Gasteiger partial charge in [-0.25, -0.2) is 9.79 Å². The molecule has 0 fully saturated rings. The van der Waals surface area contributed by atoms with Crippen LogP contribution in [0, 0.1) is 0 Å². The highest BCUT2D eigenvalue weighted by atomic mass is 35.5. The smallest absolute Gasteiger partial charge is 0.363 e. The molecule has 4 aromatic rings. The van der Waals surface area contributed by atoms with E-state index >= 15 is 0 Å². The van der Waals surface area contributed by atoms with E-state index in [4.69, 9.17) is 20.8 Å². The van der Waals surface area contributed by atoms with Crippen LogP contribution in [0.15, 0.2) is 94.0 Å². The minimum absolute atomic E-state index is 0.195. The molecule has 0 radical (unpaired) electrons. The van der Waals surface area contributed by atoms with Crippen LogP contribution in [-0.2, 0) is 9.53 Å². The number of cyclic esters (lactones) is 1. The number of ether oxygens (including phenoxy) is 1. The molecule has 0 N–H and O–H groups in total. The Hall–Kier alpha value is -3.63. The van der Waals surface area contributed by atoms with Gasteiger partial charge in [-0.3, -0.25) is 0 Å². The van der Waals surface area contributed by atoms with E-state index in [-0.39, 0.29) is 11.6 Å². The molecule has 1 aliphatic heterocycles. The lowest BCUT2D eigenvalue weighted by atomic mass is 10.1. The lowest BCUT2D eigenvalue weighted by Gasteiger charge is -2.02. The summed E-state index contributed by atoms with van der Waals surface area (Å²) in [4.78, 5) is 16.6. The third kappa shape index (κ3) is 3.46. The Morgan fingerprint density at radius 1 is 0.828 bits per heavy atom. The maximum atomic E-state index is 12.3. The van der Waals surface area contributed by atoms with Gasteiger partial charge in [0.2, 0.25) is 5.90 Å². The van der Waals surface area contributed by atoms with Crippen LogP contribution in [0.4, 0.5) is 0 Å². The summed E-state index contributed by atoms with van der Waals surface area (Å²) in [6.45, 7) is 0. The Bertz CT molecular complexity index is 1320. The summed E-state index contributed by atoms with van der Waals surface area (Å²) in [5.74, 6) is 0.947. The summed E-state index contributed by atoms with van der Waals surface area (Å²) in [5, 5.41) is 2.79. The summed E-state index contributed by atoms with van der Waals surface area (Å²) >= 11 is 6.04. The van der Waals surface area contributed by atoms with Crippen molar-refractivity contribution in [2.45, 2.75) is 0 Å². The summed E-state index contributed by atoms with van der Waals surface area (Å²) in [7, 11) is 0. The van der Waals surface area contributed by atoms with Crippen molar-refractivity contribution in [3.05, 3.63) is 101 Å². The van der Waals surface area contributed by atoms with Gasteiger partial charge in [0.25, 0.3) is 0 Å². The third-order valence-corrected chi connectivity index (χ3v) is 4.87. The lowest BCUT2D eigenvalue weighted by molar-refractivity contribution is -0.129. The lowest BCUT2D eigenvalue weighted by Crippen LogP contribution is -2.05. The first kappa shape index (κ1) is 17.5. The van der Waals surface area contributed by atoms with Crippen molar-refractivity contribution in [2.24, 2.45) is 4.99 Å². The van der Waals surface area contributed by atoms with Crippen molar-refractivity contribution in [1.29, 1.82) is 0 Å². The van der Waals surface area contributed by atoms with Crippen molar-refractivity contribution < 1.29 is 13.9 Å². The molecular formula is C24H14ClNO3. The van der Waals surface area contributed by atoms with Gasteiger partial charge in [0, 0.05) is 22.2 Å². The fraction of sp³-hybridized carbons (Fsp3) is 0. The number of furan rings is 1. The molecule has 5 rings (SSSR count). The van der Waals surface area contributed by atoms with E-state index in [0.717, 1.165) is 21.9 Å². The van der Waals surface area contributed by atoms with Gasteiger partial charge in [0.15, 0.2) is 5.70 Å². The number of halogens is 1. The molecular weight excluding hydrogens is 386 g/mol. The molecule has 1 aliphatic rings. The van der Waals surface area contributed by atoms with Crippen molar-refractivity contribution in [1.82, 2.24) is 0 Å². The Balaban J connectivity index is 1.46. The van der Waals surface area contributed by atoms with Crippen LogP contribution in [0.5, 0.6) is 0 Å². The zero-order chi connectivity index (χ0) is 19.8. The summed E-state index contributed by atoms with van der Waals surface area (Å²) in [6.07, 6.45) is 1.57. The highest BCUT2D eigenvalue weighted by Crippen LogP contribution is 2.27. The largest absolute Gasteiger partial charge is 0.457 e. The van der Waals surface area contributed by atoms with E-state index < -0.39 is 5.97 Å². The molecule has 2 heterocycles. The molecule has 5 heteroatoms. The molecule has 1 aromatic heterocycles. The fourth-order valence-corrected chi connectivity index (χ4v) is 3.41. The quantitative estimate of drug-likeness (QED) is 0.309. The fourth-order valence-electron chi connectivity index (χ4n) is 3.22. The third-order valence-electron chi connectivity index (χ3n) is 4.63. The van der Waals surface area contributed by atoms with Crippen LogP contribution in [0.3, 0.4) is 0 Å². The molecule has 0 spiro atoms. The van der Waals surface area contributed by atoms with Gasteiger partial charge in [-0.1, -0.05) is 54.1 Å². The van der Waals surface area contributed by atoms with Crippen LogP contribution >= 0.6 is 11.6 Å². The minimum atomic E-state index is -0.506. The maximum Gasteiger partial charge on any atom is 0.363 e. The minimum Gasteiger partial charge on any atom is -0.457 e. The van der Waals surface area contributed by atoms with Crippen LogP contribution in [0.1, 0.15) is 11.3 Å². The standard InChI is InChI=1S/C24H14ClNO3/c25-19-7-3-6-17(13-19)22-11-10-20(28-22)14-21-24(27)29-23(26-21)18-9-8-15-4-1-2-5-16(15)12-18/h1-14H/b21-14-. The number of hydrogen-bond acceptors (Lipinski definition) is 4. The van der Waals surface area contributed by atoms with Crippen LogP contribution in [-0.4, -0.2) is 11.9 Å². The molecule has 3 aromatic carbocycles. The molecule has 0 atom stereocenters. The second-order valence-corrected chi connectivity index (χ2v) is 7.05. The van der Waals surface area contributed by atoms with Gasteiger partial charge < -0.3 is 9.15 Å². The summed E-state index contributed by atoms with van der Waals surface area (Å²) in [6, 6.07) is 24.8. The second-order valence-electron chi connectivity index (χ2n) is 6.61. The van der Waals surface area contributed by atoms with Crippen molar-refractivity contribution in [3.8, 4) is 11.3 Å². The zero-order valence-corrected chi connectivity index (χ0v) is 15.9. The molecule has 0 bridgehead atoms. The van der Waals surface area contributed by atoms with Crippen molar-refractivity contribution in [3.63, 3.8) is 0 Å². The molecule has 0 saturated carbocycles. The Morgan fingerprint density at radius 3 is 2.55 bits per heavy atom. The van der Waals surface area contributed by atoms with E-state index in [1.807, 2.05) is 66.7 Å². The van der Waals surface area contributed by atoms with Crippen LogP contribution < -0.4 is 0 Å². The molecule has 0 unspecified atom stereocenters. The Morgan fingerprint density at radius 2 is 1.69 bits per heavy atom. The van der Waals surface area contributed by atoms with Crippen molar-refractivity contribution in [2.75, 3.05) is 0 Å². The van der Waals surface area contributed by atoms with E-state index in [1.165, 1.54) is 0 Å². The highest BCUT2D eigenvalue weighted by Gasteiger charge is 2.24. The predicted molar refractivity (Wildman–Crippen MR) is 114 cm³/mol. The van der Waals surface area contributed by atoms with Crippen LogP contribution in [0.25, 0.3) is 28.2 Å². The number of hydrogen-bond donors (Lipinski definition) is 0. The Labute approximate surface area is 171 Å². The molecule has 0 saturated heterocycles. The molecule has 29 heavy (non-hydrogen) atoms.